The van der Waals surface area contributed by atoms with Crippen LogP contribution in [0.4, 0.5) is 5.69 Å². The highest BCUT2D eigenvalue weighted by Crippen LogP contribution is 2.21. The van der Waals surface area contributed by atoms with Gasteiger partial charge in [-0.1, -0.05) is 0 Å². The lowest BCUT2D eigenvalue weighted by atomic mass is 10.3. The van der Waals surface area contributed by atoms with Crippen LogP contribution in [0.1, 0.15) is 12.8 Å². The lowest BCUT2D eigenvalue weighted by molar-refractivity contribution is -0.118. The smallest absolute Gasteiger partial charge is 0.288 e. The molecule has 2 aromatic rings. The second-order valence-electron chi connectivity index (χ2n) is 4.54. The Kier molecular flexibility index (Phi) is 2.98. The predicted molar refractivity (Wildman–Crippen MR) is 70.9 cm³/mol. The minimum atomic E-state index is -1.57. The van der Waals surface area contributed by atoms with Gasteiger partial charge in [0.05, 0.1) is 0 Å². The number of oxazole rings is 1. The third-order valence-corrected chi connectivity index (χ3v) is 3.88. The molecule has 100 valence electrons. The number of nitrogens with one attached hydrogen (secondary N) is 1. The summed E-state index contributed by atoms with van der Waals surface area (Å²) in [5.74, 6) is -0.360. The molecule has 0 bridgehead atoms. The van der Waals surface area contributed by atoms with Crippen LogP contribution in [0.15, 0.2) is 27.8 Å². The molecule has 1 aromatic heterocycles. The maximum absolute atomic E-state index is 12.0. The van der Waals surface area contributed by atoms with Crippen molar-refractivity contribution >= 4 is 33.5 Å². The van der Waals surface area contributed by atoms with Crippen molar-refractivity contribution in [1.82, 2.24) is 10.3 Å². The quantitative estimate of drug-likeness (QED) is 0.806. The predicted octanol–water partition coefficient (Wildman–Crippen LogP) is 0.796. The molecule has 3 rings (SSSR count). The van der Waals surface area contributed by atoms with E-state index >= 15 is 0 Å². The molecule has 1 saturated carbocycles. The zero-order valence-corrected chi connectivity index (χ0v) is 10.9. The number of benzene rings is 1. The summed E-state index contributed by atoms with van der Waals surface area (Å²) in [6.07, 6.45) is 2.00. The fourth-order valence-electron chi connectivity index (χ4n) is 1.70. The molecule has 0 spiro atoms. The molecular formula is C12H13N3O3S. The van der Waals surface area contributed by atoms with E-state index in [-0.39, 0.29) is 22.9 Å². The fraction of sp³-hybridized carbons (Fsp3) is 0.333. The second-order valence-corrected chi connectivity index (χ2v) is 5.87. The van der Waals surface area contributed by atoms with Crippen molar-refractivity contribution < 1.29 is 13.4 Å². The molecule has 1 aliphatic carbocycles. The molecule has 1 unspecified atom stereocenters. The van der Waals surface area contributed by atoms with E-state index in [2.05, 4.69) is 10.3 Å². The van der Waals surface area contributed by atoms with Crippen LogP contribution in [0.3, 0.4) is 0 Å². The van der Waals surface area contributed by atoms with Crippen LogP contribution >= 0.6 is 0 Å². The van der Waals surface area contributed by atoms with Crippen LogP contribution in [-0.4, -0.2) is 26.9 Å². The molecule has 19 heavy (non-hydrogen) atoms. The molecule has 3 N–H and O–H groups in total. The number of fused-ring (bicyclic) bond motifs is 1. The lowest BCUT2D eigenvalue weighted by Gasteiger charge is -2.00. The van der Waals surface area contributed by atoms with Crippen LogP contribution in [0.25, 0.3) is 11.1 Å². The SMILES string of the molecule is Nc1ccc2oc(S(=O)CC(=O)NC3CC3)nc2c1. The van der Waals surface area contributed by atoms with E-state index in [0.717, 1.165) is 12.8 Å². The van der Waals surface area contributed by atoms with Gasteiger partial charge in [0.25, 0.3) is 5.22 Å². The van der Waals surface area contributed by atoms with Crippen LogP contribution in [0, 0.1) is 0 Å². The van der Waals surface area contributed by atoms with Crippen LogP contribution in [0.5, 0.6) is 0 Å². The van der Waals surface area contributed by atoms with Gasteiger partial charge in [-0.3, -0.25) is 4.79 Å². The maximum atomic E-state index is 12.0. The molecule has 0 saturated heterocycles. The van der Waals surface area contributed by atoms with Gasteiger partial charge in [-0.2, -0.15) is 0 Å². The van der Waals surface area contributed by atoms with Gasteiger partial charge in [0.2, 0.25) is 5.91 Å². The molecule has 1 heterocycles. The molecule has 1 amide bonds. The molecule has 1 aliphatic rings. The summed E-state index contributed by atoms with van der Waals surface area (Å²) in [4.78, 5) is 15.6. The Bertz CT molecular complexity index is 663. The molecule has 7 heteroatoms. The third-order valence-electron chi connectivity index (χ3n) is 2.79. The van der Waals surface area contributed by atoms with Gasteiger partial charge in [0, 0.05) is 11.7 Å². The molecular weight excluding hydrogens is 266 g/mol. The highest BCUT2D eigenvalue weighted by atomic mass is 32.2. The van der Waals surface area contributed by atoms with Crippen molar-refractivity contribution in [1.29, 1.82) is 0 Å². The van der Waals surface area contributed by atoms with Crippen molar-refractivity contribution in [3.63, 3.8) is 0 Å². The van der Waals surface area contributed by atoms with E-state index in [1.165, 1.54) is 0 Å². The Morgan fingerprint density at radius 1 is 1.53 bits per heavy atom. The van der Waals surface area contributed by atoms with Gasteiger partial charge in [-0.05, 0) is 31.0 Å². The lowest BCUT2D eigenvalue weighted by Crippen LogP contribution is -2.30. The number of carbonyl (C=O) groups excluding carboxylic acids is 1. The molecule has 1 atom stereocenters. The number of rotatable bonds is 4. The number of amides is 1. The van der Waals surface area contributed by atoms with Crippen LogP contribution < -0.4 is 11.1 Å². The van der Waals surface area contributed by atoms with Gasteiger partial charge in [-0.25, -0.2) is 9.19 Å². The number of carbonyl (C=O) groups is 1. The van der Waals surface area contributed by atoms with Gasteiger partial charge in [0.15, 0.2) is 5.58 Å². The average Bonchev–Trinajstić information content (AvgIpc) is 3.05. The molecule has 1 fully saturated rings. The summed E-state index contributed by atoms with van der Waals surface area (Å²) in [6, 6.07) is 5.25. The number of nitrogens with zero attached hydrogens (tertiary/aromatic N) is 1. The maximum Gasteiger partial charge on any atom is 0.288 e. The van der Waals surface area contributed by atoms with E-state index in [1.807, 2.05) is 0 Å². The first-order valence-corrected chi connectivity index (χ1v) is 7.27. The monoisotopic (exact) mass is 279 g/mol. The first-order chi connectivity index (χ1) is 9.11. The van der Waals surface area contributed by atoms with Gasteiger partial charge < -0.3 is 15.5 Å². The van der Waals surface area contributed by atoms with Crippen LogP contribution in [-0.2, 0) is 15.6 Å². The Balaban J connectivity index is 1.75. The first kappa shape index (κ1) is 12.2. The highest BCUT2D eigenvalue weighted by Gasteiger charge is 2.25. The third kappa shape index (κ3) is 2.76. The molecule has 6 nitrogen and oxygen atoms in total. The van der Waals surface area contributed by atoms with E-state index < -0.39 is 10.8 Å². The van der Waals surface area contributed by atoms with Crippen molar-refractivity contribution in [3.05, 3.63) is 18.2 Å². The number of nitrogens with two attached hydrogens (primary N) is 1. The molecule has 0 radical (unpaired) electrons. The largest absolute Gasteiger partial charge is 0.430 e. The van der Waals surface area contributed by atoms with Crippen LogP contribution in [0.2, 0.25) is 0 Å². The number of hydrogen-bond acceptors (Lipinski definition) is 5. The highest BCUT2D eigenvalue weighted by molar-refractivity contribution is 7.85. The van der Waals surface area contributed by atoms with Crippen molar-refractivity contribution in [3.8, 4) is 0 Å². The Hall–Kier alpha value is -1.89. The van der Waals surface area contributed by atoms with Gasteiger partial charge in [0.1, 0.15) is 22.1 Å². The molecule has 1 aromatic carbocycles. The minimum absolute atomic E-state index is 0.0616. The van der Waals surface area contributed by atoms with E-state index in [4.69, 9.17) is 10.2 Å². The summed E-state index contributed by atoms with van der Waals surface area (Å²) in [5, 5.41) is 2.84. The average molecular weight is 279 g/mol. The zero-order chi connectivity index (χ0) is 13.4. The Morgan fingerprint density at radius 2 is 2.32 bits per heavy atom. The Morgan fingerprint density at radius 3 is 3.05 bits per heavy atom. The van der Waals surface area contributed by atoms with Crippen molar-refractivity contribution in [2.45, 2.75) is 24.1 Å². The number of hydrogen-bond donors (Lipinski definition) is 2. The van der Waals surface area contributed by atoms with E-state index in [1.54, 1.807) is 18.2 Å². The summed E-state index contributed by atoms with van der Waals surface area (Å²) in [7, 11) is -1.57. The summed E-state index contributed by atoms with van der Waals surface area (Å²) >= 11 is 0. The summed E-state index contributed by atoms with van der Waals surface area (Å²) in [5.41, 5.74) is 7.25. The number of nitrogen functional groups attached to an aromatic ring is 1. The second kappa shape index (κ2) is 4.65. The normalized spacial score (nSPS) is 16.4. The Labute approximate surface area is 111 Å². The first-order valence-electron chi connectivity index (χ1n) is 5.95. The van der Waals surface area contributed by atoms with Gasteiger partial charge in [-0.15, -0.1) is 0 Å². The van der Waals surface area contributed by atoms with E-state index in [9.17, 15) is 9.00 Å². The molecule has 0 aliphatic heterocycles. The summed E-state index contributed by atoms with van der Waals surface area (Å²) in [6.45, 7) is 0. The number of aromatic nitrogens is 1. The minimum Gasteiger partial charge on any atom is -0.430 e. The topological polar surface area (TPSA) is 98.2 Å². The van der Waals surface area contributed by atoms with Crippen molar-refractivity contribution in [2.75, 3.05) is 11.5 Å². The summed E-state index contributed by atoms with van der Waals surface area (Å²) < 4.78 is 17.3. The fourth-order valence-corrected chi connectivity index (χ4v) is 2.53. The standard InChI is InChI=1S/C12H13N3O3S/c13-7-1-4-10-9(5-7)15-12(18-10)19(17)6-11(16)14-8-2-3-8/h1,4-5,8H,2-3,6,13H2,(H,14,16). The van der Waals surface area contributed by atoms with Gasteiger partial charge >= 0.3 is 0 Å². The number of anilines is 1. The zero-order valence-electron chi connectivity index (χ0n) is 10.1. The van der Waals surface area contributed by atoms with Crippen molar-refractivity contribution in [2.24, 2.45) is 0 Å². The van der Waals surface area contributed by atoms with E-state index in [0.29, 0.717) is 16.8 Å².